The van der Waals surface area contributed by atoms with E-state index in [-0.39, 0.29) is 5.41 Å². The fraction of sp³-hybridized carbons (Fsp3) is 1.00. The normalized spacial score (nSPS) is 18.2. The molecule has 0 heterocycles. The molecule has 0 aromatic heterocycles. The molecule has 0 saturated carbocycles. The molecule has 0 rings (SSSR count). The summed E-state index contributed by atoms with van der Waals surface area (Å²) in [5.74, 6) is 0.377. The van der Waals surface area contributed by atoms with Crippen molar-refractivity contribution in [3.8, 4) is 0 Å². The lowest BCUT2D eigenvalue weighted by atomic mass is 9.75. The van der Waals surface area contributed by atoms with Gasteiger partial charge in [0.15, 0.2) is 0 Å². The number of alkyl halides is 3. The maximum atomic E-state index is 12.4. The first kappa shape index (κ1) is 16.8. The smallest absolute Gasteiger partial charge is 0.306 e. The van der Waals surface area contributed by atoms with Crippen molar-refractivity contribution in [3.05, 3.63) is 0 Å². The minimum Gasteiger partial charge on any atom is -0.306 e. The van der Waals surface area contributed by atoms with Gasteiger partial charge in [-0.2, -0.15) is 13.2 Å². The fourth-order valence-corrected chi connectivity index (χ4v) is 1.66. The molecule has 0 bridgehead atoms. The summed E-state index contributed by atoms with van der Waals surface area (Å²) in [4.78, 5) is 0. The Kier molecular flexibility index (Phi) is 6.52. The summed E-state index contributed by atoms with van der Waals surface area (Å²) in [6, 6.07) is -1.43. The van der Waals surface area contributed by atoms with Gasteiger partial charge in [0.1, 0.15) is 6.04 Å². The van der Waals surface area contributed by atoms with Gasteiger partial charge in [0.05, 0.1) is 0 Å². The first-order chi connectivity index (χ1) is 7.63. The van der Waals surface area contributed by atoms with Crippen molar-refractivity contribution in [1.82, 2.24) is 5.32 Å². The maximum absolute atomic E-state index is 12.4. The highest BCUT2D eigenvalue weighted by Crippen LogP contribution is 2.33. The zero-order valence-corrected chi connectivity index (χ0v) is 11.6. The molecule has 0 spiro atoms. The van der Waals surface area contributed by atoms with Crippen LogP contribution in [0.3, 0.4) is 0 Å². The van der Waals surface area contributed by atoms with Crippen LogP contribution in [0.15, 0.2) is 0 Å². The molecule has 0 aliphatic carbocycles. The van der Waals surface area contributed by atoms with Gasteiger partial charge < -0.3 is 5.32 Å². The van der Waals surface area contributed by atoms with Gasteiger partial charge >= 0.3 is 6.18 Å². The van der Waals surface area contributed by atoms with E-state index in [1.807, 2.05) is 0 Å². The summed E-state index contributed by atoms with van der Waals surface area (Å²) >= 11 is 0. The van der Waals surface area contributed by atoms with Crippen LogP contribution in [0.2, 0.25) is 0 Å². The summed E-state index contributed by atoms with van der Waals surface area (Å²) in [6.45, 7) is 9.94. The second-order valence-corrected chi connectivity index (χ2v) is 5.56. The summed E-state index contributed by atoms with van der Waals surface area (Å²) in [5, 5.41) is 2.63. The highest BCUT2D eigenvalue weighted by atomic mass is 19.4. The van der Waals surface area contributed by atoms with Crippen LogP contribution in [0.1, 0.15) is 53.9 Å². The Morgan fingerprint density at radius 3 is 2.00 bits per heavy atom. The van der Waals surface area contributed by atoms with Gasteiger partial charge in [0, 0.05) is 6.54 Å². The van der Waals surface area contributed by atoms with Crippen LogP contribution >= 0.6 is 0 Å². The van der Waals surface area contributed by atoms with E-state index < -0.39 is 12.2 Å². The van der Waals surface area contributed by atoms with Gasteiger partial charge in [-0.1, -0.05) is 40.5 Å². The van der Waals surface area contributed by atoms with Gasteiger partial charge in [-0.25, -0.2) is 0 Å². The third-order valence-corrected chi connectivity index (χ3v) is 3.80. The molecule has 0 fully saturated rings. The number of unbranched alkanes of at least 4 members (excludes halogenated alkanes) is 1. The van der Waals surface area contributed by atoms with Crippen LogP contribution in [0, 0.1) is 11.3 Å². The van der Waals surface area contributed by atoms with E-state index in [4.69, 9.17) is 0 Å². The van der Waals surface area contributed by atoms with Crippen LogP contribution in [0.4, 0.5) is 13.2 Å². The summed E-state index contributed by atoms with van der Waals surface area (Å²) in [7, 11) is 0. The fourth-order valence-electron chi connectivity index (χ4n) is 1.66. The molecule has 1 N–H and O–H groups in total. The van der Waals surface area contributed by atoms with Crippen LogP contribution in [0.5, 0.6) is 0 Å². The lowest BCUT2D eigenvalue weighted by Crippen LogP contribution is -2.46. The molecule has 1 nitrogen and oxygen atoms in total. The average Bonchev–Trinajstić information content (AvgIpc) is 2.21. The van der Waals surface area contributed by atoms with Crippen molar-refractivity contribution in [3.63, 3.8) is 0 Å². The van der Waals surface area contributed by atoms with E-state index in [9.17, 15) is 13.2 Å². The second-order valence-electron chi connectivity index (χ2n) is 5.56. The number of rotatable bonds is 7. The number of hydrogen-bond acceptors (Lipinski definition) is 1. The van der Waals surface area contributed by atoms with Crippen LogP contribution in [-0.2, 0) is 0 Å². The molecular weight excluding hydrogens is 227 g/mol. The Balaban J connectivity index is 4.36. The standard InChI is InChI=1S/C13H26F3N/c1-6-7-8-12(5,10(2)3)9-17-11(4)13(14,15)16/h10-11,17H,6-9H2,1-5H3. The Bertz CT molecular complexity index is 213. The van der Waals surface area contributed by atoms with Crippen molar-refractivity contribution >= 4 is 0 Å². The molecule has 0 aromatic carbocycles. The molecular formula is C13H26F3N. The Morgan fingerprint density at radius 1 is 1.12 bits per heavy atom. The zero-order chi connectivity index (χ0) is 13.7. The summed E-state index contributed by atoms with van der Waals surface area (Å²) < 4.78 is 37.2. The lowest BCUT2D eigenvalue weighted by molar-refractivity contribution is -0.153. The van der Waals surface area contributed by atoms with E-state index in [1.165, 1.54) is 6.92 Å². The first-order valence-corrected chi connectivity index (χ1v) is 6.43. The first-order valence-electron chi connectivity index (χ1n) is 6.43. The number of nitrogens with one attached hydrogen (secondary N) is 1. The van der Waals surface area contributed by atoms with Crippen molar-refractivity contribution in [2.75, 3.05) is 6.54 Å². The Hall–Kier alpha value is -0.250. The van der Waals surface area contributed by atoms with Crippen LogP contribution in [0.25, 0.3) is 0 Å². The molecule has 0 amide bonds. The Labute approximate surface area is 103 Å². The molecule has 2 atom stereocenters. The molecule has 0 aliphatic rings. The van der Waals surface area contributed by atoms with Crippen molar-refractivity contribution in [2.24, 2.45) is 11.3 Å². The predicted octanol–water partition coefficient (Wildman–Crippen LogP) is 4.38. The monoisotopic (exact) mass is 253 g/mol. The second kappa shape index (κ2) is 6.62. The third kappa shape index (κ3) is 5.75. The van der Waals surface area contributed by atoms with E-state index in [0.29, 0.717) is 12.5 Å². The highest BCUT2D eigenvalue weighted by molar-refractivity contribution is 4.82. The molecule has 0 aromatic rings. The predicted molar refractivity (Wildman–Crippen MR) is 66.0 cm³/mol. The molecule has 104 valence electrons. The number of hydrogen-bond donors (Lipinski definition) is 1. The largest absolute Gasteiger partial charge is 0.403 e. The Morgan fingerprint density at radius 2 is 1.65 bits per heavy atom. The van der Waals surface area contributed by atoms with Crippen molar-refractivity contribution < 1.29 is 13.2 Å². The van der Waals surface area contributed by atoms with E-state index >= 15 is 0 Å². The van der Waals surface area contributed by atoms with Gasteiger partial charge in [0.25, 0.3) is 0 Å². The summed E-state index contributed by atoms with van der Waals surface area (Å²) in [6.07, 6.45) is -1.03. The third-order valence-electron chi connectivity index (χ3n) is 3.80. The molecule has 17 heavy (non-hydrogen) atoms. The maximum Gasteiger partial charge on any atom is 0.403 e. The van der Waals surface area contributed by atoms with E-state index in [2.05, 4.69) is 33.0 Å². The van der Waals surface area contributed by atoms with Crippen LogP contribution < -0.4 is 5.32 Å². The highest BCUT2D eigenvalue weighted by Gasteiger charge is 2.37. The molecule has 2 unspecified atom stereocenters. The molecule has 0 aliphatic heterocycles. The van der Waals surface area contributed by atoms with Gasteiger partial charge in [0.2, 0.25) is 0 Å². The molecule has 0 saturated heterocycles. The van der Waals surface area contributed by atoms with Crippen molar-refractivity contribution in [2.45, 2.75) is 66.1 Å². The summed E-state index contributed by atoms with van der Waals surface area (Å²) in [5.41, 5.74) is -0.0600. The molecule has 4 heteroatoms. The van der Waals surface area contributed by atoms with Gasteiger partial charge in [-0.15, -0.1) is 0 Å². The minimum absolute atomic E-state index is 0.0600. The van der Waals surface area contributed by atoms with Crippen LogP contribution in [-0.4, -0.2) is 18.8 Å². The van der Waals surface area contributed by atoms with E-state index in [0.717, 1.165) is 19.3 Å². The quantitative estimate of drug-likeness (QED) is 0.710. The zero-order valence-electron chi connectivity index (χ0n) is 11.6. The molecule has 0 radical (unpaired) electrons. The number of halogens is 3. The van der Waals surface area contributed by atoms with Crippen molar-refractivity contribution in [1.29, 1.82) is 0 Å². The topological polar surface area (TPSA) is 12.0 Å². The van der Waals surface area contributed by atoms with Gasteiger partial charge in [-0.3, -0.25) is 0 Å². The lowest BCUT2D eigenvalue weighted by Gasteiger charge is -2.35. The van der Waals surface area contributed by atoms with Gasteiger partial charge in [-0.05, 0) is 24.7 Å². The minimum atomic E-state index is -4.15. The van der Waals surface area contributed by atoms with E-state index in [1.54, 1.807) is 0 Å². The SMILES string of the molecule is CCCCC(C)(CNC(C)C(F)(F)F)C(C)C. The average molecular weight is 253 g/mol.